The molecule has 4 nitrogen and oxygen atoms in total. The highest BCUT2D eigenvalue weighted by Gasteiger charge is 2.26. The van der Waals surface area contributed by atoms with Crippen molar-refractivity contribution in [1.82, 2.24) is 15.3 Å². The van der Waals surface area contributed by atoms with E-state index in [1.807, 2.05) is 18.5 Å². The van der Waals surface area contributed by atoms with Crippen molar-refractivity contribution in [2.45, 2.75) is 64.5 Å². The Bertz CT molecular complexity index is 868. The molecule has 140 valence electrons. The zero-order valence-electron chi connectivity index (χ0n) is 16.3. The van der Waals surface area contributed by atoms with Gasteiger partial charge in [0, 0.05) is 36.3 Å². The second kappa shape index (κ2) is 8.13. The van der Waals surface area contributed by atoms with E-state index in [0.717, 1.165) is 43.5 Å². The summed E-state index contributed by atoms with van der Waals surface area (Å²) in [5.41, 5.74) is 7.27. The molecular formula is C23H28N4. The molecule has 0 saturated carbocycles. The van der Waals surface area contributed by atoms with Gasteiger partial charge in [0.05, 0.1) is 17.4 Å². The number of aliphatic imine (C=N–C) groups is 1. The maximum atomic E-state index is 4.98. The van der Waals surface area contributed by atoms with E-state index in [4.69, 9.17) is 4.98 Å². The van der Waals surface area contributed by atoms with Gasteiger partial charge in [0.1, 0.15) is 0 Å². The molecule has 2 aliphatic heterocycles. The third-order valence-electron chi connectivity index (χ3n) is 5.69. The Balaban J connectivity index is 1.51. The predicted molar refractivity (Wildman–Crippen MR) is 110 cm³/mol. The van der Waals surface area contributed by atoms with Crippen LogP contribution in [0.4, 0.5) is 0 Å². The van der Waals surface area contributed by atoms with Crippen molar-refractivity contribution < 1.29 is 0 Å². The van der Waals surface area contributed by atoms with Crippen LogP contribution in [0.2, 0.25) is 0 Å². The summed E-state index contributed by atoms with van der Waals surface area (Å²) in [6.07, 6.45) is 10.4. The van der Waals surface area contributed by atoms with E-state index in [1.54, 1.807) is 0 Å². The van der Waals surface area contributed by atoms with Crippen LogP contribution in [0.3, 0.4) is 0 Å². The van der Waals surface area contributed by atoms with Crippen LogP contribution < -0.4 is 5.32 Å². The molecule has 0 aliphatic carbocycles. The van der Waals surface area contributed by atoms with Gasteiger partial charge < -0.3 is 5.32 Å². The predicted octanol–water partition coefficient (Wildman–Crippen LogP) is 5.02. The van der Waals surface area contributed by atoms with E-state index in [0.29, 0.717) is 6.04 Å². The molecular weight excluding hydrogens is 332 g/mol. The molecule has 0 aromatic carbocycles. The zero-order valence-corrected chi connectivity index (χ0v) is 16.3. The summed E-state index contributed by atoms with van der Waals surface area (Å²) in [6.45, 7) is 4.34. The van der Waals surface area contributed by atoms with Crippen molar-refractivity contribution in [3.05, 3.63) is 70.4 Å². The minimum absolute atomic E-state index is 0.287. The van der Waals surface area contributed by atoms with Crippen molar-refractivity contribution >= 4 is 6.21 Å². The molecule has 2 atom stereocenters. The van der Waals surface area contributed by atoms with Crippen molar-refractivity contribution in [2.75, 3.05) is 0 Å². The number of allylic oxidation sites excluding steroid dienone is 2. The van der Waals surface area contributed by atoms with Crippen LogP contribution >= 0.6 is 0 Å². The summed E-state index contributed by atoms with van der Waals surface area (Å²) >= 11 is 0. The Hall–Kier alpha value is -2.33. The molecule has 1 unspecified atom stereocenters. The Morgan fingerprint density at radius 2 is 1.96 bits per heavy atom. The molecule has 0 spiro atoms. The smallest absolute Gasteiger partial charge is 0.0602 e. The lowest BCUT2D eigenvalue weighted by molar-refractivity contribution is 0.320. The average molecular weight is 361 g/mol. The maximum Gasteiger partial charge on any atom is 0.0602 e. The van der Waals surface area contributed by atoms with E-state index in [-0.39, 0.29) is 6.04 Å². The molecule has 0 amide bonds. The highest BCUT2D eigenvalue weighted by atomic mass is 15.0. The van der Waals surface area contributed by atoms with Crippen LogP contribution in [0.1, 0.15) is 73.8 Å². The van der Waals surface area contributed by atoms with Crippen LogP contribution in [-0.4, -0.2) is 16.2 Å². The molecule has 1 saturated heterocycles. The normalized spacial score (nSPS) is 22.9. The summed E-state index contributed by atoms with van der Waals surface area (Å²) in [4.78, 5) is 14.2. The van der Waals surface area contributed by atoms with Crippen molar-refractivity contribution in [3.8, 4) is 0 Å². The lowest BCUT2D eigenvalue weighted by Crippen LogP contribution is -2.32. The Kier molecular flexibility index (Phi) is 5.44. The zero-order chi connectivity index (χ0) is 18.6. The quantitative estimate of drug-likeness (QED) is 0.833. The number of nitrogens with one attached hydrogen (secondary N) is 1. The molecule has 2 aromatic rings. The fourth-order valence-corrected chi connectivity index (χ4v) is 4.12. The van der Waals surface area contributed by atoms with E-state index in [2.05, 4.69) is 53.4 Å². The van der Waals surface area contributed by atoms with Gasteiger partial charge in [0.15, 0.2) is 0 Å². The molecule has 4 heterocycles. The minimum Gasteiger partial charge on any atom is -0.300 e. The van der Waals surface area contributed by atoms with Gasteiger partial charge in [0.25, 0.3) is 0 Å². The average Bonchev–Trinajstić information content (AvgIpc) is 2.70. The number of aryl methyl sites for hydroxylation is 1. The number of pyridine rings is 2. The number of aromatic nitrogens is 2. The molecule has 2 aromatic heterocycles. The van der Waals surface area contributed by atoms with Gasteiger partial charge in [-0.2, -0.15) is 0 Å². The monoisotopic (exact) mass is 360 g/mol. The molecule has 0 bridgehead atoms. The summed E-state index contributed by atoms with van der Waals surface area (Å²) in [5, 5.41) is 3.80. The first-order chi connectivity index (χ1) is 13.2. The second-order valence-corrected chi connectivity index (χ2v) is 7.72. The van der Waals surface area contributed by atoms with Crippen LogP contribution in [0.5, 0.6) is 0 Å². The lowest BCUT2D eigenvalue weighted by atomic mass is 9.92. The SMILES string of the molecule is CC1=C(Cc2cccc(C3CCC[C@@H](c4ncccc4C)N3)n2)N=CCC1. The molecule has 1 N–H and O–H groups in total. The van der Waals surface area contributed by atoms with Gasteiger partial charge >= 0.3 is 0 Å². The Morgan fingerprint density at radius 3 is 2.81 bits per heavy atom. The number of nitrogens with zero attached hydrogens (tertiary/aromatic N) is 3. The van der Waals surface area contributed by atoms with Gasteiger partial charge in [-0.1, -0.05) is 17.7 Å². The Morgan fingerprint density at radius 1 is 1.07 bits per heavy atom. The number of rotatable bonds is 4. The minimum atomic E-state index is 0.287. The van der Waals surface area contributed by atoms with E-state index in [1.165, 1.54) is 28.9 Å². The van der Waals surface area contributed by atoms with Crippen LogP contribution in [0.15, 0.2) is 52.8 Å². The largest absolute Gasteiger partial charge is 0.300 e. The van der Waals surface area contributed by atoms with Gasteiger partial charge in [-0.3, -0.25) is 15.0 Å². The molecule has 0 radical (unpaired) electrons. The Labute approximate surface area is 161 Å². The molecule has 4 heteroatoms. The molecule has 2 aliphatic rings. The summed E-state index contributed by atoms with van der Waals surface area (Å²) in [6, 6.07) is 11.2. The lowest BCUT2D eigenvalue weighted by Gasteiger charge is -2.31. The molecule has 1 fully saturated rings. The summed E-state index contributed by atoms with van der Waals surface area (Å²) in [5.74, 6) is 0. The first-order valence-corrected chi connectivity index (χ1v) is 10.1. The first kappa shape index (κ1) is 18.1. The highest BCUT2D eigenvalue weighted by Crippen LogP contribution is 2.32. The highest BCUT2D eigenvalue weighted by molar-refractivity contribution is 5.61. The van der Waals surface area contributed by atoms with Crippen molar-refractivity contribution in [1.29, 1.82) is 0 Å². The second-order valence-electron chi connectivity index (χ2n) is 7.72. The summed E-state index contributed by atoms with van der Waals surface area (Å²) in [7, 11) is 0. The van der Waals surface area contributed by atoms with Gasteiger partial charge in [-0.15, -0.1) is 0 Å². The third kappa shape index (κ3) is 4.16. The van der Waals surface area contributed by atoms with Crippen LogP contribution in [0.25, 0.3) is 0 Å². The fraction of sp³-hybridized carbons (Fsp3) is 0.435. The van der Waals surface area contributed by atoms with Crippen LogP contribution in [0, 0.1) is 6.92 Å². The van der Waals surface area contributed by atoms with Gasteiger partial charge in [-0.05, 0) is 69.7 Å². The topological polar surface area (TPSA) is 50.2 Å². The van der Waals surface area contributed by atoms with E-state index < -0.39 is 0 Å². The third-order valence-corrected chi connectivity index (χ3v) is 5.69. The first-order valence-electron chi connectivity index (χ1n) is 10.1. The molecule has 4 rings (SSSR count). The summed E-state index contributed by atoms with van der Waals surface area (Å²) < 4.78 is 0. The van der Waals surface area contributed by atoms with E-state index >= 15 is 0 Å². The van der Waals surface area contributed by atoms with Crippen molar-refractivity contribution in [3.63, 3.8) is 0 Å². The van der Waals surface area contributed by atoms with E-state index in [9.17, 15) is 0 Å². The van der Waals surface area contributed by atoms with Crippen LogP contribution in [-0.2, 0) is 6.42 Å². The number of piperidine rings is 1. The molecule has 27 heavy (non-hydrogen) atoms. The van der Waals surface area contributed by atoms with Crippen molar-refractivity contribution in [2.24, 2.45) is 4.99 Å². The van der Waals surface area contributed by atoms with Gasteiger partial charge in [-0.25, -0.2) is 0 Å². The van der Waals surface area contributed by atoms with Gasteiger partial charge in [0.2, 0.25) is 0 Å². The standard InChI is InChI=1S/C23H28N4/c1-16-7-5-13-24-22(16)15-18-9-3-10-19(26-18)20-11-4-12-21(27-20)23-17(2)8-6-14-25-23/h3,6,8-10,13-14,20-21,27H,4-5,7,11-12,15H2,1-2H3/t20?,21-/m0/s1. The maximum absolute atomic E-state index is 4.98. The number of hydrogen-bond donors (Lipinski definition) is 1. The fourth-order valence-electron chi connectivity index (χ4n) is 4.12. The number of hydrogen-bond acceptors (Lipinski definition) is 4.